The van der Waals surface area contributed by atoms with Gasteiger partial charge in [0, 0.05) is 16.2 Å². The van der Waals surface area contributed by atoms with E-state index in [1.54, 1.807) is 37.3 Å². The van der Waals surface area contributed by atoms with Crippen LogP contribution in [-0.4, -0.2) is 18.5 Å². The molecule has 0 bridgehead atoms. The number of anilines is 1. The summed E-state index contributed by atoms with van der Waals surface area (Å²) in [5, 5.41) is 2.69. The van der Waals surface area contributed by atoms with Gasteiger partial charge in [0.1, 0.15) is 5.82 Å². The maximum absolute atomic E-state index is 13.3. The molecule has 2 aromatic carbocycles. The molecule has 0 aromatic heterocycles. The molecule has 0 aliphatic carbocycles. The molecule has 0 saturated heterocycles. The van der Waals surface area contributed by atoms with Crippen molar-refractivity contribution in [2.45, 2.75) is 6.92 Å². The topological polar surface area (TPSA) is 55.4 Å². The Morgan fingerprint density at radius 2 is 1.92 bits per heavy atom. The van der Waals surface area contributed by atoms with Crippen LogP contribution in [0.1, 0.15) is 22.8 Å². The summed E-state index contributed by atoms with van der Waals surface area (Å²) < 4.78 is 18.6. The Morgan fingerprint density at radius 1 is 1.21 bits per heavy atom. The van der Waals surface area contributed by atoms with Crippen LogP contribution in [-0.2, 0) is 9.53 Å². The van der Waals surface area contributed by atoms with Gasteiger partial charge in [-0.25, -0.2) is 9.18 Å². The number of ether oxygens (including phenoxy) is 1. The van der Waals surface area contributed by atoms with Gasteiger partial charge in [0.25, 0.3) is 5.91 Å². The number of hydrogen-bond acceptors (Lipinski definition) is 3. The Bertz CT molecular complexity index is 772. The van der Waals surface area contributed by atoms with Gasteiger partial charge in [-0.2, -0.15) is 0 Å². The van der Waals surface area contributed by atoms with Crippen molar-refractivity contribution in [2.24, 2.45) is 0 Å². The van der Waals surface area contributed by atoms with Gasteiger partial charge in [0.15, 0.2) is 0 Å². The molecule has 0 aliphatic rings. The largest absolute Gasteiger partial charge is 0.463 e. The molecule has 0 unspecified atom stereocenters. The normalized spacial score (nSPS) is 10.6. The van der Waals surface area contributed by atoms with Crippen LogP contribution in [0.2, 0.25) is 0 Å². The van der Waals surface area contributed by atoms with Gasteiger partial charge in [-0.1, -0.05) is 12.1 Å². The van der Waals surface area contributed by atoms with E-state index in [4.69, 9.17) is 4.74 Å². The zero-order valence-electron chi connectivity index (χ0n) is 12.9. The van der Waals surface area contributed by atoms with Crippen molar-refractivity contribution in [1.29, 1.82) is 0 Å². The molecule has 0 spiro atoms. The highest BCUT2D eigenvalue weighted by Crippen LogP contribution is 2.20. The quantitative estimate of drug-likeness (QED) is 0.606. The summed E-state index contributed by atoms with van der Waals surface area (Å²) in [6, 6.07) is 10.8. The predicted molar refractivity (Wildman–Crippen MR) is 94.2 cm³/mol. The van der Waals surface area contributed by atoms with E-state index in [0.29, 0.717) is 16.8 Å². The third-order valence-electron chi connectivity index (χ3n) is 3.04. The third kappa shape index (κ3) is 5.03. The number of benzene rings is 2. The van der Waals surface area contributed by atoms with E-state index in [-0.39, 0.29) is 5.56 Å². The van der Waals surface area contributed by atoms with Crippen LogP contribution < -0.4 is 5.32 Å². The first-order valence-corrected chi connectivity index (χ1v) is 8.00. The number of rotatable bonds is 5. The number of esters is 1. The maximum Gasteiger partial charge on any atom is 0.330 e. The Kier molecular flexibility index (Phi) is 6.26. The minimum atomic E-state index is -0.484. The summed E-state index contributed by atoms with van der Waals surface area (Å²) in [6.07, 6.45) is 2.95. The number of carbonyl (C=O) groups excluding carboxylic acids is 2. The van der Waals surface area contributed by atoms with E-state index < -0.39 is 17.7 Å². The zero-order valence-corrected chi connectivity index (χ0v) is 14.5. The SMILES string of the molecule is CCOC(=O)/C=C/c1ccc(NC(=O)c2cc(F)ccc2Br)cc1. The van der Waals surface area contributed by atoms with Crippen LogP contribution in [0.25, 0.3) is 6.08 Å². The monoisotopic (exact) mass is 391 g/mol. The number of nitrogens with one attached hydrogen (secondary N) is 1. The summed E-state index contributed by atoms with van der Waals surface area (Å²) in [5.74, 6) is -1.31. The van der Waals surface area contributed by atoms with Crippen molar-refractivity contribution in [3.8, 4) is 0 Å². The molecule has 2 rings (SSSR count). The molecule has 0 radical (unpaired) electrons. The van der Waals surface area contributed by atoms with Gasteiger partial charge in [-0.3, -0.25) is 4.79 Å². The Morgan fingerprint density at radius 3 is 2.58 bits per heavy atom. The number of hydrogen-bond donors (Lipinski definition) is 1. The molecule has 0 aliphatic heterocycles. The van der Waals surface area contributed by atoms with Crippen LogP contribution in [0.4, 0.5) is 10.1 Å². The molecule has 1 N–H and O–H groups in total. The highest BCUT2D eigenvalue weighted by Gasteiger charge is 2.11. The molecular formula is C18H15BrFNO3. The van der Waals surface area contributed by atoms with Gasteiger partial charge >= 0.3 is 5.97 Å². The van der Waals surface area contributed by atoms with Crippen LogP contribution in [0, 0.1) is 5.82 Å². The lowest BCUT2D eigenvalue weighted by atomic mass is 10.1. The molecule has 4 nitrogen and oxygen atoms in total. The van der Waals surface area contributed by atoms with Crippen LogP contribution in [0.5, 0.6) is 0 Å². The van der Waals surface area contributed by atoms with Crippen molar-refractivity contribution in [3.05, 3.63) is 70.0 Å². The van der Waals surface area contributed by atoms with E-state index >= 15 is 0 Å². The fourth-order valence-corrected chi connectivity index (χ4v) is 2.33. The Balaban J connectivity index is 2.05. The maximum atomic E-state index is 13.3. The van der Waals surface area contributed by atoms with Crippen molar-refractivity contribution in [1.82, 2.24) is 0 Å². The molecule has 0 saturated carbocycles. The van der Waals surface area contributed by atoms with E-state index in [0.717, 1.165) is 11.6 Å². The minimum Gasteiger partial charge on any atom is -0.463 e. The first kappa shape index (κ1) is 17.9. The second-order valence-electron chi connectivity index (χ2n) is 4.79. The van der Waals surface area contributed by atoms with Crippen LogP contribution >= 0.6 is 15.9 Å². The highest BCUT2D eigenvalue weighted by atomic mass is 79.9. The molecule has 0 heterocycles. The number of halogens is 2. The molecule has 0 atom stereocenters. The van der Waals surface area contributed by atoms with Crippen LogP contribution in [0.15, 0.2) is 53.0 Å². The van der Waals surface area contributed by atoms with Crippen molar-refractivity contribution >= 4 is 39.6 Å². The van der Waals surface area contributed by atoms with Crippen molar-refractivity contribution in [3.63, 3.8) is 0 Å². The zero-order chi connectivity index (χ0) is 17.5. The van der Waals surface area contributed by atoms with Crippen molar-refractivity contribution in [2.75, 3.05) is 11.9 Å². The lowest BCUT2D eigenvalue weighted by Crippen LogP contribution is -2.12. The van der Waals surface area contributed by atoms with E-state index in [2.05, 4.69) is 21.2 Å². The average Bonchev–Trinajstić information content (AvgIpc) is 2.56. The average molecular weight is 392 g/mol. The summed E-state index contributed by atoms with van der Waals surface area (Å²) in [6.45, 7) is 2.06. The lowest BCUT2D eigenvalue weighted by molar-refractivity contribution is -0.137. The van der Waals surface area contributed by atoms with Gasteiger partial charge in [0.05, 0.1) is 12.2 Å². The smallest absolute Gasteiger partial charge is 0.330 e. The van der Waals surface area contributed by atoms with Crippen LogP contribution in [0.3, 0.4) is 0 Å². The molecule has 124 valence electrons. The number of carbonyl (C=O) groups is 2. The fourth-order valence-electron chi connectivity index (χ4n) is 1.90. The second kappa shape index (κ2) is 8.40. The summed E-state index contributed by atoms with van der Waals surface area (Å²) in [5.41, 5.74) is 1.55. The molecule has 2 aromatic rings. The molecule has 24 heavy (non-hydrogen) atoms. The first-order valence-electron chi connectivity index (χ1n) is 7.21. The standard InChI is InChI=1S/C18H15BrFNO3/c1-2-24-17(22)10-5-12-3-7-14(8-4-12)21-18(23)15-11-13(20)6-9-16(15)19/h3-11H,2H2,1H3,(H,21,23)/b10-5+. The van der Waals surface area contributed by atoms with Gasteiger partial charge in [0.2, 0.25) is 0 Å². The van der Waals surface area contributed by atoms with E-state index in [1.807, 2.05) is 0 Å². The predicted octanol–water partition coefficient (Wildman–Crippen LogP) is 4.42. The van der Waals surface area contributed by atoms with E-state index in [1.165, 1.54) is 18.2 Å². The first-order chi connectivity index (χ1) is 11.5. The highest BCUT2D eigenvalue weighted by molar-refractivity contribution is 9.10. The van der Waals surface area contributed by atoms with E-state index in [9.17, 15) is 14.0 Å². The lowest BCUT2D eigenvalue weighted by Gasteiger charge is -2.07. The Hall–Kier alpha value is -2.47. The molecule has 0 fully saturated rings. The summed E-state index contributed by atoms with van der Waals surface area (Å²) in [4.78, 5) is 23.4. The summed E-state index contributed by atoms with van der Waals surface area (Å²) in [7, 11) is 0. The number of amides is 1. The molecule has 1 amide bonds. The Labute approximate surface area is 147 Å². The molecule has 6 heteroatoms. The summed E-state index contributed by atoms with van der Waals surface area (Å²) >= 11 is 3.22. The second-order valence-corrected chi connectivity index (χ2v) is 5.64. The fraction of sp³-hybridized carbons (Fsp3) is 0.111. The van der Waals surface area contributed by atoms with Gasteiger partial charge in [-0.15, -0.1) is 0 Å². The third-order valence-corrected chi connectivity index (χ3v) is 3.73. The van der Waals surface area contributed by atoms with Gasteiger partial charge in [-0.05, 0) is 64.8 Å². The van der Waals surface area contributed by atoms with Gasteiger partial charge < -0.3 is 10.1 Å². The molecular weight excluding hydrogens is 377 g/mol. The minimum absolute atomic E-state index is 0.210. The van der Waals surface area contributed by atoms with Crippen molar-refractivity contribution < 1.29 is 18.7 Å².